The van der Waals surface area contributed by atoms with Gasteiger partial charge in [0, 0.05) is 12.1 Å². The van der Waals surface area contributed by atoms with Crippen LogP contribution in [0.15, 0.2) is 24.3 Å². The SMILES string of the molecule is CCCOc1ccc(C(C)NC2CC2(C)C)cc1. The summed E-state index contributed by atoms with van der Waals surface area (Å²) < 4.78 is 5.60. The molecule has 1 aromatic carbocycles. The largest absolute Gasteiger partial charge is 0.494 e. The number of hydrogen-bond donors (Lipinski definition) is 1. The molecule has 100 valence electrons. The molecule has 0 radical (unpaired) electrons. The monoisotopic (exact) mass is 247 g/mol. The maximum atomic E-state index is 5.60. The molecule has 2 atom stereocenters. The third-order valence-electron chi connectivity index (χ3n) is 3.82. The van der Waals surface area contributed by atoms with Gasteiger partial charge in [-0.25, -0.2) is 0 Å². The molecule has 2 heteroatoms. The van der Waals surface area contributed by atoms with E-state index in [4.69, 9.17) is 4.74 Å². The molecule has 2 unspecified atom stereocenters. The predicted molar refractivity (Wildman–Crippen MR) is 76.0 cm³/mol. The predicted octanol–water partition coefficient (Wildman–Crippen LogP) is 3.92. The molecule has 1 fully saturated rings. The number of ether oxygens (including phenoxy) is 1. The van der Waals surface area contributed by atoms with Crippen LogP contribution in [0.4, 0.5) is 0 Å². The summed E-state index contributed by atoms with van der Waals surface area (Å²) in [4.78, 5) is 0. The third kappa shape index (κ3) is 3.26. The summed E-state index contributed by atoms with van der Waals surface area (Å²) in [6, 6.07) is 9.55. The van der Waals surface area contributed by atoms with E-state index in [1.54, 1.807) is 0 Å². The van der Waals surface area contributed by atoms with Crippen molar-refractivity contribution in [2.75, 3.05) is 6.61 Å². The summed E-state index contributed by atoms with van der Waals surface area (Å²) in [5, 5.41) is 3.68. The molecular formula is C16H25NO. The van der Waals surface area contributed by atoms with E-state index in [1.165, 1.54) is 12.0 Å². The van der Waals surface area contributed by atoms with Crippen molar-refractivity contribution in [3.05, 3.63) is 29.8 Å². The molecular weight excluding hydrogens is 222 g/mol. The van der Waals surface area contributed by atoms with Crippen molar-refractivity contribution >= 4 is 0 Å². The van der Waals surface area contributed by atoms with E-state index in [0.717, 1.165) is 18.8 Å². The standard InChI is InChI=1S/C16H25NO/c1-5-10-18-14-8-6-13(7-9-14)12(2)17-15-11-16(15,3)4/h6-9,12,15,17H,5,10-11H2,1-4H3. The van der Waals surface area contributed by atoms with E-state index in [-0.39, 0.29) is 0 Å². The Hall–Kier alpha value is -1.02. The van der Waals surface area contributed by atoms with Gasteiger partial charge in [-0.1, -0.05) is 32.9 Å². The molecule has 0 saturated heterocycles. The lowest BCUT2D eigenvalue weighted by Crippen LogP contribution is -2.24. The molecule has 0 amide bonds. The van der Waals surface area contributed by atoms with Crippen LogP contribution in [0.25, 0.3) is 0 Å². The van der Waals surface area contributed by atoms with Crippen LogP contribution in [0.3, 0.4) is 0 Å². The number of hydrogen-bond acceptors (Lipinski definition) is 2. The molecule has 0 heterocycles. The second-order valence-corrected chi connectivity index (χ2v) is 6.05. The second-order valence-electron chi connectivity index (χ2n) is 6.05. The van der Waals surface area contributed by atoms with Crippen molar-refractivity contribution in [3.8, 4) is 5.75 Å². The zero-order valence-electron chi connectivity index (χ0n) is 12.0. The van der Waals surface area contributed by atoms with Crippen molar-refractivity contribution in [2.45, 2.75) is 52.6 Å². The summed E-state index contributed by atoms with van der Waals surface area (Å²) in [5.74, 6) is 0.972. The molecule has 1 N–H and O–H groups in total. The Morgan fingerprint density at radius 2 is 1.94 bits per heavy atom. The fourth-order valence-corrected chi connectivity index (χ4v) is 2.22. The van der Waals surface area contributed by atoms with E-state index < -0.39 is 0 Å². The van der Waals surface area contributed by atoms with Crippen molar-refractivity contribution in [2.24, 2.45) is 5.41 Å². The van der Waals surface area contributed by atoms with Crippen molar-refractivity contribution in [1.82, 2.24) is 5.32 Å². The van der Waals surface area contributed by atoms with Gasteiger partial charge in [0.05, 0.1) is 6.61 Å². The highest BCUT2D eigenvalue weighted by Gasteiger charge is 2.45. The molecule has 0 spiro atoms. The summed E-state index contributed by atoms with van der Waals surface area (Å²) in [7, 11) is 0. The second kappa shape index (κ2) is 5.31. The van der Waals surface area contributed by atoms with E-state index in [1.807, 2.05) is 0 Å². The molecule has 1 aromatic rings. The summed E-state index contributed by atoms with van der Waals surface area (Å²) in [6.07, 6.45) is 2.34. The normalized spacial score (nSPS) is 22.6. The highest BCUT2D eigenvalue weighted by atomic mass is 16.5. The van der Waals surface area contributed by atoms with Crippen LogP contribution in [-0.2, 0) is 0 Å². The highest BCUT2D eigenvalue weighted by Crippen LogP contribution is 2.45. The van der Waals surface area contributed by atoms with Gasteiger partial charge in [-0.3, -0.25) is 0 Å². The smallest absolute Gasteiger partial charge is 0.119 e. The minimum Gasteiger partial charge on any atom is -0.494 e. The van der Waals surface area contributed by atoms with Crippen molar-refractivity contribution in [1.29, 1.82) is 0 Å². The number of benzene rings is 1. The Kier molecular flexibility index (Phi) is 3.96. The first kappa shape index (κ1) is 13.4. The minimum atomic E-state index is 0.414. The summed E-state index contributed by atoms with van der Waals surface area (Å²) in [5.41, 5.74) is 1.82. The van der Waals surface area contributed by atoms with E-state index in [2.05, 4.69) is 57.3 Å². The van der Waals surface area contributed by atoms with Gasteiger partial charge in [-0.15, -0.1) is 0 Å². The molecule has 0 aliphatic heterocycles. The summed E-state index contributed by atoms with van der Waals surface area (Å²) >= 11 is 0. The van der Waals surface area contributed by atoms with Gasteiger partial charge in [0.2, 0.25) is 0 Å². The van der Waals surface area contributed by atoms with E-state index in [0.29, 0.717) is 17.5 Å². The highest BCUT2D eigenvalue weighted by molar-refractivity contribution is 5.29. The topological polar surface area (TPSA) is 21.3 Å². The first-order chi connectivity index (χ1) is 8.53. The Morgan fingerprint density at radius 3 is 2.44 bits per heavy atom. The number of nitrogens with one attached hydrogen (secondary N) is 1. The lowest BCUT2D eigenvalue weighted by atomic mass is 10.1. The molecule has 1 aliphatic carbocycles. The van der Waals surface area contributed by atoms with Crippen LogP contribution in [0.2, 0.25) is 0 Å². The Labute approximate surface area is 111 Å². The Balaban J connectivity index is 1.88. The minimum absolute atomic E-state index is 0.414. The zero-order chi connectivity index (χ0) is 13.2. The lowest BCUT2D eigenvalue weighted by Gasteiger charge is -2.16. The molecule has 2 rings (SSSR count). The van der Waals surface area contributed by atoms with Gasteiger partial charge >= 0.3 is 0 Å². The zero-order valence-corrected chi connectivity index (χ0v) is 12.0. The van der Waals surface area contributed by atoms with Gasteiger partial charge in [0.25, 0.3) is 0 Å². The third-order valence-corrected chi connectivity index (χ3v) is 3.82. The van der Waals surface area contributed by atoms with Crippen molar-refractivity contribution in [3.63, 3.8) is 0 Å². The Bertz CT molecular complexity index is 383. The van der Waals surface area contributed by atoms with Gasteiger partial charge in [-0.2, -0.15) is 0 Å². The average Bonchev–Trinajstić information content (AvgIpc) is 2.94. The van der Waals surface area contributed by atoms with E-state index >= 15 is 0 Å². The molecule has 18 heavy (non-hydrogen) atoms. The maximum Gasteiger partial charge on any atom is 0.119 e. The summed E-state index contributed by atoms with van der Waals surface area (Å²) in [6.45, 7) is 9.79. The van der Waals surface area contributed by atoms with Crippen molar-refractivity contribution < 1.29 is 4.74 Å². The lowest BCUT2D eigenvalue weighted by molar-refractivity contribution is 0.317. The van der Waals surface area contributed by atoms with Gasteiger partial charge in [0.15, 0.2) is 0 Å². The average molecular weight is 247 g/mol. The molecule has 1 aliphatic rings. The molecule has 1 saturated carbocycles. The van der Waals surface area contributed by atoms with Crippen LogP contribution >= 0.6 is 0 Å². The van der Waals surface area contributed by atoms with Crippen LogP contribution in [0.5, 0.6) is 5.75 Å². The Morgan fingerprint density at radius 1 is 1.33 bits per heavy atom. The van der Waals surface area contributed by atoms with Gasteiger partial charge in [-0.05, 0) is 42.9 Å². The molecule has 2 nitrogen and oxygen atoms in total. The van der Waals surface area contributed by atoms with Crippen LogP contribution in [0.1, 0.15) is 52.1 Å². The van der Waals surface area contributed by atoms with Gasteiger partial charge in [0.1, 0.15) is 5.75 Å². The number of rotatable bonds is 6. The van der Waals surface area contributed by atoms with Crippen LogP contribution in [-0.4, -0.2) is 12.6 Å². The quantitative estimate of drug-likeness (QED) is 0.822. The maximum absolute atomic E-state index is 5.60. The van der Waals surface area contributed by atoms with Crippen LogP contribution < -0.4 is 10.1 Å². The van der Waals surface area contributed by atoms with Gasteiger partial charge < -0.3 is 10.1 Å². The van der Waals surface area contributed by atoms with E-state index in [9.17, 15) is 0 Å². The first-order valence-electron chi connectivity index (χ1n) is 7.02. The van der Waals surface area contributed by atoms with Crippen LogP contribution in [0, 0.1) is 5.41 Å². The first-order valence-corrected chi connectivity index (χ1v) is 7.02. The fourth-order valence-electron chi connectivity index (χ4n) is 2.22. The fraction of sp³-hybridized carbons (Fsp3) is 0.625. The molecule has 0 aromatic heterocycles. The molecule has 0 bridgehead atoms.